The number of para-hydroxylation sites is 1. The Bertz CT molecular complexity index is 1050. The van der Waals surface area contributed by atoms with Crippen molar-refractivity contribution in [1.29, 1.82) is 0 Å². The molecule has 0 saturated carbocycles. The summed E-state index contributed by atoms with van der Waals surface area (Å²) in [7, 11) is 1.98. The van der Waals surface area contributed by atoms with Gasteiger partial charge in [0.15, 0.2) is 5.11 Å². The molecule has 2 N–H and O–H groups in total. The van der Waals surface area contributed by atoms with Crippen LogP contribution in [0.3, 0.4) is 0 Å². The first kappa shape index (κ1) is 20.0. The van der Waals surface area contributed by atoms with E-state index in [9.17, 15) is 9.18 Å². The molecule has 1 aromatic carbocycles. The largest absolute Gasteiger partial charge is 0.353 e. The molecule has 6 nitrogen and oxygen atoms in total. The van der Waals surface area contributed by atoms with Crippen LogP contribution in [0, 0.1) is 5.82 Å². The maximum atomic E-state index is 13.8. The van der Waals surface area contributed by atoms with Gasteiger partial charge in [0, 0.05) is 38.1 Å². The second-order valence-corrected chi connectivity index (χ2v) is 7.53. The highest BCUT2D eigenvalue weighted by Crippen LogP contribution is 2.38. The number of amides is 1. The number of halogens is 1. The predicted octanol–water partition coefficient (Wildman–Crippen LogP) is 3.56. The maximum absolute atomic E-state index is 13.8. The van der Waals surface area contributed by atoms with E-state index in [-0.39, 0.29) is 30.1 Å². The molecule has 1 amide bonds. The van der Waals surface area contributed by atoms with Crippen molar-refractivity contribution in [2.45, 2.75) is 18.5 Å². The number of nitrogens with zero attached hydrogens (tertiary/aromatic N) is 3. The van der Waals surface area contributed by atoms with Crippen LogP contribution in [0.15, 0.2) is 67.0 Å². The van der Waals surface area contributed by atoms with Crippen molar-refractivity contribution < 1.29 is 9.18 Å². The van der Waals surface area contributed by atoms with Gasteiger partial charge in [-0.25, -0.2) is 4.39 Å². The highest BCUT2D eigenvalue weighted by atomic mass is 32.1. The Morgan fingerprint density at radius 3 is 2.70 bits per heavy atom. The number of carbonyl (C=O) groups excluding carboxylic acids is 1. The molecule has 1 fully saturated rings. The quantitative estimate of drug-likeness (QED) is 0.594. The Kier molecular flexibility index (Phi) is 5.76. The molecule has 1 aliphatic heterocycles. The maximum Gasteiger partial charge on any atom is 0.226 e. The van der Waals surface area contributed by atoms with Gasteiger partial charge in [0.2, 0.25) is 5.91 Å². The van der Waals surface area contributed by atoms with Gasteiger partial charge in [0.25, 0.3) is 0 Å². The highest BCUT2D eigenvalue weighted by Gasteiger charge is 2.40. The van der Waals surface area contributed by atoms with E-state index in [4.69, 9.17) is 12.2 Å². The van der Waals surface area contributed by atoms with Crippen molar-refractivity contribution in [3.63, 3.8) is 0 Å². The average molecular weight is 424 g/mol. The molecule has 0 radical (unpaired) electrons. The number of aryl methyl sites for hydroxylation is 1. The molecule has 0 spiro atoms. The van der Waals surface area contributed by atoms with E-state index in [2.05, 4.69) is 15.6 Å². The summed E-state index contributed by atoms with van der Waals surface area (Å²) < 4.78 is 15.9. The second kappa shape index (κ2) is 8.62. The van der Waals surface area contributed by atoms with Gasteiger partial charge in [0.05, 0.1) is 23.5 Å². The van der Waals surface area contributed by atoms with Crippen LogP contribution in [0.4, 0.5) is 10.1 Å². The molecule has 3 heterocycles. The van der Waals surface area contributed by atoms with Crippen LogP contribution in [0.1, 0.15) is 29.9 Å². The molecule has 0 aliphatic carbocycles. The first-order valence-corrected chi connectivity index (χ1v) is 10.1. The smallest absolute Gasteiger partial charge is 0.226 e. The van der Waals surface area contributed by atoms with E-state index in [0.717, 1.165) is 11.4 Å². The van der Waals surface area contributed by atoms with Gasteiger partial charge in [0.1, 0.15) is 5.82 Å². The molecule has 30 heavy (non-hydrogen) atoms. The first-order valence-electron chi connectivity index (χ1n) is 9.68. The van der Waals surface area contributed by atoms with Crippen molar-refractivity contribution in [3.8, 4) is 0 Å². The van der Waals surface area contributed by atoms with Crippen molar-refractivity contribution in [1.82, 2.24) is 19.8 Å². The van der Waals surface area contributed by atoms with E-state index in [0.29, 0.717) is 11.7 Å². The number of hydrogen-bond donors (Lipinski definition) is 2. The van der Waals surface area contributed by atoms with Crippen LogP contribution in [0.5, 0.6) is 0 Å². The standard InChI is InChI=1S/C22H22FN5OS/c1-27-13-6-10-18(27)21-20(17-9-4-5-12-24-17)26-22(30)28(21)14-11-19(29)25-16-8-3-2-7-15(16)23/h2-10,12-13,20-21H,11,14H2,1H3,(H,25,29)(H,26,30). The molecule has 2 aromatic heterocycles. The Hall–Kier alpha value is -3.26. The van der Waals surface area contributed by atoms with Gasteiger partial charge in [-0.1, -0.05) is 18.2 Å². The fraction of sp³-hybridized carbons (Fsp3) is 0.227. The molecule has 4 rings (SSSR count). The summed E-state index contributed by atoms with van der Waals surface area (Å²) >= 11 is 5.60. The van der Waals surface area contributed by atoms with Crippen molar-refractivity contribution in [2.75, 3.05) is 11.9 Å². The topological polar surface area (TPSA) is 62.2 Å². The lowest BCUT2D eigenvalue weighted by atomic mass is 10.0. The lowest BCUT2D eigenvalue weighted by molar-refractivity contribution is -0.116. The SMILES string of the molecule is Cn1cccc1C1C(c2ccccn2)NC(=S)N1CCC(=O)Nc1ccccc1F. The van der Waals surface area contributed by atoms with Gasteiger partial charge < -0.3 is 20.1 Å². The fourth-order valence-electron chi connectivity index (χ4n) is 3.75. The molecule has 8 heteroatoms. The zero-order chi connectivity index (χ0) is 21.1. The summed E-state index contributed by atoms with van der Waals surface area (Å²) in [5.41, 5.74) is 2.12. The monoisotopic (exact) mass is 423 g/mol. The van der Waals surface area contributed by atoms with Gasteiger partial charge in [-0.2, -0.15) is 0 Å². The van der Waals surface area contributed by atoms with Crippen LogP contribution in [-0.2, 0) is 11.8 Å². The van der Waals surface area contributed by atoms with Crippen LogP contribution in [0.25, 0.3) is 0 Å². The van der Waals surface area contributed by atoms with Crippen molar-refractivity contribution >= 4 is 28.9 Å². The minimum Gasteiger partial charge on any atom is -0.353 e. The fourth-order valence-corrected chi connectivity index (χ4v) is 4.08. The summed E-state index contributed by atoms with van der Waals surface area (Å²) in [5, 5.41) is 6.55. The van der Waals surface area contributed by atoms with E-state index in [1.807, 2.05) is 53.0 Å². The third-order valence-electron chi connectivity index (χ3n) is 5.21. The number of benzene rings is 1. The third kappa shape index (κ3) is 4.04. The zero-order valence-electron chi connectivity index (χ0n) is 16.5. The number of thiocarbonyl (C=S) groups is 1. The number of carbonyl (C=O) groups is 1. The Morgan fingerprint density at radius 1 is 1.20 bits per heavy atom. The minimum absolute atomic E-state index is 0.117. The first-order chi connectivity index (χ1) is 14.5. The summed E-state index contributed by atoms with van der Waals surface area (Å²) in [6.07, 6.45) is 3.91. The number of hydrogen-bond acceptors (Lipinski definition) is 3. The van der Waals surface area contributed by atoms with E-state index in [1.54, 1.807) is 24.4 Å². The van der Waals surface area contributed by atoms with E-state index < -0.39 is 5.82 Å². The summed E-state index contributed by atoms with van der Waals surface area (Å²) in [5.74, 6) is -0.726. The van der Waals surface area contributed by atoms with Gasteiger partial charge in [-0.15, -0.1) is 0 Å². The summed E-state index contributed by atoms with van der Waals surface area (Å²) in [6.45, 7) is 0.394. The average Bonchev–Trinajstić information content (AvgIpc) is 3.31. The summed E-state index contributed by atoms with van der Waals surface area (Å²) in [6, 6.07) is 15.7. The van der Waals surface area contributed by atoms with E-state index in [1.165, 1.54) is 6.07 Å². The number of rotatable bonds is 6. The molecule has 0 bridgehead atoms. The Balaban J connectivity index is 1.53. The van der Waals surface area contributed by atoms with Gasteiger partial charge >= 0.3 is 0 Å². The molecule has 2 atom stereocenters. The Morgan fingerprint density at radius 2 is 2.00 bits per heavy atom. The molecule has 1 aliphatic rings. The number of pyridine rings is 1. The third-order valence-corrected chi connectivity index (χ3v) is 5.56. The van der Waals surface area contributed by atoms with Crippen LogP contribution >= 0.6 is 12.2 Å². The van der Waals surface area contributed by atoms with Gasteiger partial charge in [-0.3, -0.25) is 9.78 Å². The molecular weight excluding hydrogens is 401 g/mol. The molecule has 154 valence electrons. The van der Waals surface area contributed by atoms with Crippen LogP contribution < -0.4 is 10.6 Å². The van der Waals surface area contributed by atoms with E-state index >= 15 is 0 Å². The molecular formula is C22H22FN5OS. The number of aromatic nitrogens is 2. The van der Waals surface area contributed by atoms with Crippen molar-refractivity contribution in [3.05, 3.63) is 84.2 Å². The number of nitrogens with one attached hydrogen (secondary N) is 2. The predicted molar refractivity (Wildman–Crippen MR) is 117 cm³/mol. The Labute approximate surface area is 179 Å². The van der Waals surface area contributed by atoms with Crippen LogP contribution in [0.2, 0.25) is 0 Å². The van der Waals surface area contributed by atoms with Crippen LogP contribution in [-0.4, -0.2) is 32.0 Å². The minimum atomic E-state index is -0.457. The molecule has 1 saturated heterocycles. The zero-order valence-corrected chi connectivity index (χ0v) is 17.3. The number of anilines is 1. The lowest BCUT2D eigenvalue weighted by Crippen LogP contribution is -2.33. The van der Waals surface area contributed by atoms with Crippen molar-refractivity contribution in [2.24, 2.45) is 7.05 Å². The lowest BCUT2D eigenvalue weighted by Gasteiger charge is -2.28. The molecule has 3 aromatic rings. The summed E-state index contributed by atoms with van der Waals surface area (Å²) in [4.78, 5) is 19.0. The highest BCUT2D eigenvalue weighted by molar-refractivity contribution is 7.80. The second-order valence-electron chi connectivity index (χ2n) is 7.14. The van der Waals surface area contributed by atoms with Gasteiger partial charge in [-0.05, 0) is 48.6 Å². The molecule has 2 unspecified atom stereocenters. The normalized spacial score (nSPS) is 18.3.